The van der Waals surface area contributed by atoms with Crippen LogP contribution in [0.5, 0.6) is 5.75 Å². The summed E-state index contributed by atoms with van der Waals surface area (Å²) in [5, 5.41) is 0.223. The molecule has 0 aliphatic rings. The lowest BCUT2D eigenvalue weighted by molar-refractivity contribution is -0.166. The van der Waals surface area contributed by atoms with Crippen molar-refractivity contribution in [2.75, 3.05) is 14.2 Å². The lowest BCUT2D eigenvalue weighted by atomic mass is 10.1. The van der Waals surface area contributed by atoms with Gasteiger partial charge in [-0.15, -0.1) is 0 Å². The van der Waals surface area contributed by atoms with Crippen LogP contribution in [0.4, 0.5) is 0 Å². The minimum absolute atomic E-state index is 0.0304. The molecule has 0 saturated carbocycles. The Labute approximate surface area is 179 Å². The quantitative estimate of drug-likeness (QED) is 0.400. The standard InChI is InChI=1S/C20H21ClN2O6S/c1-20(2,19(24)28-4)29-12-13-10-16-17(8-9-18(21)22-16)23(13)30(25,26)15-7-5-6-14(11-15)27-3/h5-11H,12H2,1-4H3. The third-order valence-electron chi connectivity index (χ3n) is 4.49. The van der Waals surface area contributed by atoms with Crippen LogP contribution in [0, 0.1) is 0 Å². The lowest BCUT2D eigenvalue weighted by Gasteiger charge is -2.22. The van der Waals surface area contributed by atoms with Crippen molar-refractivity contribution in [2.24, 2.45) is 0 Å². The monoisotopic (exact) mass is 452 g/mol. The van der Waals surface area contributed by atoms with Gasteiger partial charge in [-0.2, -0.15) is 0 Å². The number of hydrogen-bond acceptors (Lipinski definition) is 7. The molecule has 0 radical (unpaired) electrons. The van der Waals surface area contributed by atoms with E-state index < -0.39 is 21.6 Å². The third-order valence-corrected chi connectivity index (χ3v) is 6.46. The van der Waals surface area contributed by atoms with Crippen molar-refractivity contribution in [1.29, 1.82) is 0 Å². The molecule has 2 heterocycles. The molecule has 0 aliphatic carbocycles. The van der Waals surface area contributed by atoms with Gasteiger partial charge in [-0.25, -0.2) is 22.2 Å². The minimum Gasteiger partial charge on any atom is -0.497 e. The Bertz CT molecular complexity index is 1200. The van der Waals surface area contributed by atoms with Gasteiger partial charge >= 0.3 is 5.97 Å². The normalized spacial score (nSPS) is 12.2. The molecule has 3 rings (SSSR count). The van der Waals surface area contributed by atoms with Gasteiger partial charge in [0.05, 0.1) is 42.4 Å². The first-order valence-electron chi connectivity index (χ1n) is 8.89. The van der Waals surface area contributed by atoms with Crippen LogP contribution in [-0.2, 0) is 30.9 Å². The maximum absolute atomic E-state index is 13.5. The summed E-state index contributed by atoms with van der Waals surface area (Å²) < 4.78 is 43.7. The first-order chi connectivity index (χ1) is 14.1. The molecule has 0 amide bonds. The van der Waals surface area contributed by atoms with Crippen LogP contribution in [0.2, 0.25) is 5.15 Å². The molecule has 30 heavy (non-hydrogen) atoms. The fraction of sp³-hybridized carbons (Fsp3) is 0.300. The van der Waals surface area contributed by atoms with E-state index in [9.17, 15) is 13.2 Å². The highest BCUT2D eigenvalue weighted by molar-refractivity contribution is 7.90. The van der Waals surface area contributed by atoms with Gasteiger partial charge in [-0.3, -0.25) is 0 Å². The number of rotatable bonds is 7. The van der Waals surface area contributed by atoms with Crippen molar-refractivity contribution >= 4 is 38.6 Å². The summed E-state index contributed by atoms with van der Waals surface area (Å²) in [6, 6.07) is 10.8. The Balaban J connectivity index is 2.14. The number of methoxy groups -OCH3 is 2. The minimum atomic E-state index is -4.03. The summed E-state index contributed by atoms with van der Waals surface area (Å²) in [6.07, 6.45) is 0. The summed E-state index contributed by atoms with van der Waals surface area (Å²) in [4.78, 5) is 16.2. The molecule has 0 fully saturated rings. The molecule has 0 saturated heterocycles. The fourth-order valence-corrected chi connectivity index (χ4v) is 4.61. The second-order valence-electron chi connectivity index (χ2n) is 6.91. The SMILES string of the molecule is COC(=O)C(C)(C)OCc1cc2nc(Cl)ccc2n1S(=O)(=O)c1cccc(OC)c1. The molecule has 0 spiro atoms. The summed E-state index contributed by atoms with van der Waals surface area (Å²) in [7, 11) is -1.33. The molecule has 160 valence electrons. The molecule has 0 bridgehead atoms. The van der Waals surface area contributed by atoms with Gasteiger partial charge in [0.2, 0.25) is 0 Å². The average Bonchev–Trinajstić information content (AvgIpc) is 3.09. The molecule has 3 aromatic rings. The van der Waals surface area contributed by atoms with Gasteiger partial charge in [0.15, 0.2) is 5.60 Å². The predicted molar refractivity (Wildman–Crippen MR) is 111 cm³/mol. The van der Waals surface area contributed by atoms with E-state index in [2.05, 4.69) is 4.98 Å². The Kier molecular flexibility index (Phi) is 6.07. The van der Waals surface area contributed by atoms with E-state index in [-0.39, 0.29) is 22.3 Å². The maximum atomic E-state index is 13.5. The van der Waals surface area contributed by atoms with Crippen molar-refractivity contribution in [1.82, 2.24) is 8.96 Å². The number of pyridine rings is 1. The number of ether oxygens (including phenoxy) is 3. The van der Waals surface area contributed by atoms with Gasteiger partial charge in [-0.1, -0.05) is 17.7 Å². The molecular formula is C20H21ClN2O6S. The fourth-order valence-electron chi connectivity index (χ4n) is 2.90. The van der Waals surface area contributed by atoms with Crippen LogP contribution in [-0.4, -0.2) is 43.2 Å². The van der Waals surface area contributed by atoms with E-state index in [1.54, 1.807) is 24.3 Å². The molecule has 0 unspecified atom stereocenters. The number of aromatic nitrogens is 2. The average molecular weight is 453 g/mol. The molecule has 8 nitrogen and oxygen atoms in total. The number of carbonyl (C=O) groups is 1. The number of carbonyl (C=O) groups excluding carboxylic acids is 1. The maximum Gasteiger partial charge on any atom is 0.337 e. The number of benzene rings is 1. The first kappa shape index (κ1) is 22.1. The third kappa shape index (κ3) is 4.14. The van der Waals surface area contributed by atoms with Crippen LogP contribution >= 0.6 is 11.6 Å². The Morgan fingerprint density at radius 2 is 1.90 bits per heavy atom. The molecule has 10 heteroatoms. The van der Waals surface area contributed by atoms with E-state index >= 15 is 0 Å². The molecule has 0 N–H and O–H groups in total. The Morgan fingerprint density at radius 3 is 2.57 bits per heavy atom. The Morgan fingerprint density at radius 1 is 1.17 bits per heavy atom. The zero-order chi connectivity index (χ0) is 22.1. The van der Waals surface area contributed by atoms with Gasteiger partial charge in [-0.05, 0) is 44.2 Å². The highest BCUT2D eigenvalue weighted by Gasteiger charge is 2.31. The van der Waals surface area contributed by atoms with Crippen molar-refractivity contribution < 1.29 is 27.4 Å². The lowest BCUT2D eigenvalue weighted by Crippen LogP contribution is -2.36. The van der Waals surface area contributed by atoms with Crippen LogP contribution in [0.1, 0.15) is 19.5 Å². The van der Waals surface area contributed by atoms with Crippen LogP contribution in [0.15, 0.2) is 47.4 Å². The van der Waals surface area contributed by atoms with Gasteiger partial charge in [0, 0.05) is 6.07 Å². The predicted octanol–water partition coefficient (Wildman–Crippen LogP) is 3.40. The largest absolute Gasteiger partial charge is 0.497 e. The van der Waals surface area contributed by atoms with E-state index in [0.717, 1.165) is 3.97 Å². The van der Waals surface area contributed by atoms with Crippen molar-refractivity contribution in [3.63, 3.8) is 0 Å². The second kappa shape index (κ2) is 8.25. The number of halogens is 1. The topological polar surface area (TPSA) is 96.7 Å². The molecule has 2 aromatic heterocycles. The van der Waals surface area contributed by atoms with E-state index in [0.29, 0.717) is 16.8 Å². The smallest absolute Gasteiger partial charge is 0.337 e. The number of nitrogens with zero attached hydrogens (tertiary/aromatic N) is 2. The Hall–Kier alpha value is -2.62. The van der Waals surface area contributed by atoms with Crippen LogP contribution < -0.4 is 4.74 Å². The first-order valence-corrected chi connectivity index (χ1v) is 10.7. The van der Waals surface area contributed by atoms with Crippen molar-refractivity contribution in [3.8, 4) is 5.75 Å². The van der Waals surface area contributed by atoms with E-state index in [1.807, 2.05) is 0 Å². The van der Waals surface area contributed by atoms with Crippen molar-refractivity contribution in [3.05, 3.63) is 53.3 Å². The molecular weight excluding hydrogens is 432 g/mol. The summed E-state index contributed by atoms with van der Waals surface area (Å²) in [5.74, 6) is -0.180. The highest BCUT2D eigenvalue weighted by atomic mass is 35.5. The number of hydrogen-bond donors (Lipinski definition) is 0. The molecule has 0 atom stereocenters. The molecule has 0 aliphatic heterocycles. The van der Waals surface area contributed by atoms with Gasteiger partial charge < -0.3 is 14.2 Å². The van der Waals surface area contributed by atoms with Gasteiger partial charge in [0.1, 0.15) is 10.9 Å². The second-order valence-corrected chi connectivity index (χ2v) is 9.09. The van der Waals surface area contributed by atoms with Crippen LogP contribution in [0.3, 0.4) is 0 Å². The number of fused-ring (bicyclic) bond motifs is 1. The summed E-state index contributed by atoms with van der Waals surface area (Å²) >= 11 is 5.98. The molecule has 1 aromatic carbocycles. The van der Waals surface area contributed by atoms with Crippen LogP contribution in [0.25, 0.3) is 11.0 Å². The zero-order valence-electron chi connectivity index (χ0n) is 16.9. The van der Waals surface area contributed by atoms with Gasteiger partial charge in [0.25, 0.3) is 10.0 Å². The summed E-state index contributed by atoms with van der Waals surface area (Å²) in [6.45, 7) is 2.90. The van der Waals surface area contributed by atoms with E-state index in [1.165, 1.54) is 46.3 Å². The summed E-state index contributed by atoms with van der Waals surface area (Å²) in [5.41, 5.74) is -0.291. The zero-order valence-corrected chi connectivity index (χ0v) is 18.5. The number of esters is 1. The van der Waals surface area contributed by atoms with E-state index in [4.69, 9.17) is 25.8 Å². The highest BCUT2D eigenvalue weighted by Crippen LogP contribution is 2.29. The van der Waals surface area contributed by atoms with Crippen molar-refractivity contribution in [2.45, 2.75) is 31.0 Å².